The minimum absolute atomic E-state index is 1.10. The lowest BCUT2D eigenvalue weighted by Gasteiger charge is -2.37. The van der Waals surface area contributed by atoms with Gasteiger partial charge in [-0.3, -0.25) is 0 Å². The Kier molecular flexibility index (Phi) is 9.99. The first-order chi connectivity index (χ1) is 15.3. The smallest absolute Gasteiger partial charge is 0.460 e. The van der Waals surface area contributed by atoms with Crippen LogP contribution in [0.5, 0.6) is 0 Å². The number of carbonyl (C=O) groups is 1. The fourth-order valence-electron chi connectivity index (χ4n) is 1.19. The molecular weight excluding hydrogens is 599 g/mol. The van der Waals surface area contributed by atoms with Gasteiger partial charge in [-0.05, 0) is 0 Å². The standard InChI is InChI=1S/C10HF19O5.F2/c11-2(12,1(30)31)32-7(22,23)8(24,25)34-10(28,29)9(26,27)33-6(20,21)4(15,16)3(13,14)5(17,18)19;1-2/h(H,30,31);. The highest BCUT2D eigenvalue weighted by Gasteiger charge is 2.85. The van der Waals surface area contributed by atoms with E-state index in [2.05, 4.69) is 0 Å². The Labute approximate surface area is 179 Å². The van der Waals surface area contributed by atoms with Crippen LogP contribution in [0, 0.1) is 0 Å². The van der Waals surface area contributed by atoms with Crippen molar-refractivity contribution in [3.05, 3.63) is 0 Å². The van der Waals surface area contributed by atoms with E-state index in [0.29, 0.717) is 0 Å². The van der Waals surface area contributed by atoms with E-state index in [9.17, 15) is 88.2 Å². The second-order valence-electron chi connectivity index (χ2n) is 5.36. The molecule has 5 nitrogen and oxygen atoms in total. The second kappa shape index (κ2) is 9.97. The SMILES string of the molecule is FF.O=C(O)C(F)(F)OC(F)(F)C(F)(F)OC(F)(F)C(F)(F)OC(F)(F)C(F)(F)C(F)(F)C(F)(F)F. The van der Waals surface area contributed by atoms with Gasteiger partial charge in [0.25, 0.3) is 0 Å². The van der Waals surface area contributed by atoms with Crippen molar-refractivity contribution in [2.45, 2.75) is 54.7 Å². The van der Waals surface area contributed by atoms with E-state index in [-0.39, 0.29) is 0 Å². The van der Waals surface area contributed by atoms with Crippen molar-refractivity contribution in [3.8, 4) is 0 Å². The predicted molar refractivity (Wildman–Crippen MR) is 58.7 cm³/mol. The first-order valence-corrected chi connectivity index (χ1v) is 6.89. The first kappa shape index (κ1) is 36.0. The highest BCUT2D eigenvalue weighted by Crippen LogP contribution is 2.56. The molecule has 36 heavy (non-hydrogen) atoms. The van der Waals surface area contributed by atoms with Crippen LogP contribution in [0.1, 0.15) is 0 Å². The molecule has 0 heterocycles. The Morgan fingerprint density at radius 2 is 0.694 bits per heavy atom. The fraction of sp³-hybridized carbons (Fsp3) is 0.900. The van der Waals surface area contributed by atoms with E-state index < -0.39 is 60.6 Å². The van der Waals surface area contributed by atoms with Gasteiger partial charge >= 0.3 is 60.6 Å². The maximum Gasteiger partial charge on any atom is 0.460 e. The maximum atomic E-state index is 13.0. The highest BCUT2D eigenvalue weighted by atomic mass is 20.0. The van der Waals surface area contributed by atoms with Gasteiger partial charge in [0.2, 0.25) is 0 Å². The Balaban J connectivity index is 0. The van der Waals surface area contributed by atoms with Gasteiger partial charge in [0.05, 0.1) is 0 Å². The summed E-state index contributed by atoms with van der Waals surface area (Å²) in [6, 6.07) is 0. The minimum atomic E-state index is -8.21. The normalized spacial score (nSPS) is 15.4. The topological polar surface area (TPSA) is 65.0 Å². The summed E-state index contributed by atoms with van der Waals surface area (Å²) in [6.07, 6.45) is -53.0. The molecule has 0 spiro atoms. The zero-order valence-electron chi connectivity index (χ0n) is 15.0. The van der Waals surface area contributed by atoms with Crippen LogP contribution in [0.25, 0.3) is 0 Å². The Bertz CT molecular complexity index is 757. The molecule has 0 fully saturated rings. The van der Waals surface area contributed by atoms with Crippen LogP contribution in [0.3, 0.4) is 0 Å². The summed E-state index contributed by atoms with van der Waals surface area (Å²) in [5.41, 5.74) is 0. The van der Waals surface area contributed by atoms with E-state index in [1.165, 1.54) is 4.74 Å². The van der Waals surface area contributed by atoms with Crippen molar-refractivity contribution >= 4 is 5.97 Å². The fourth-order valence-corrected chi connectivity index (χ4v) is 1.19. The summed E-state index contributed by atoms with van der Waals surface area (Å²) in [5, 5.41) is 7.68. The van der Waals surface area contributed by atoms with Crippen molar-refractivity contribution in [2.75, 3.05) is 0 Å². The Morgan fingerprint density at radius 1 is 0.444 bits per heavy atom. The van der Waals surface area contributed by atoms with Gasteiger partial charge in [-0.15, -0.1) is 0 Å². The molecule has 0 radical (unpaired) electrons. The monoisotopic (exact) mass is 600 g/mol. The molecule has 0 amide bonds. The number of carboxylic acids is 1. The molecule has 0 aliphatic heterocycles. The lowest BCUT2D eigenvalue weighted by atomic mass is 10.1. The van der Waals surface area contributed by atoms with Gasteiger partial charge in [0.1, 0.15) is 0 Å². The Hall–Kier alpha value is -2.12. The minimum Gasteiger partial charge on any atom is -0.475 e. The zero-order valence-corrected chi connectivity index (χ0v) is 15.0. The number of aliphatic carboxylic acids is 1. The number of alkyl halides is 19. The van der Waals surface area contributed by atoms with Crippen molar-refractivity contribution in [3.63, 3.8) is 0 Å². The van der Waals surface area contributed by atoms with Crippen LogP contribution in [0.15, 0.2) is 0 Å². The van der Waals surface area contributed by atoms with Crippen molar-refractivity contribution in [2.24, 2.45) is 0 Å². The average molecular weight is 600 g/mol. The molecular formula is C10HF21O5. The molecule has 0 aromatic heterocycles. The molecule has 0 saturated carbocycles. The average Bonchev–Trinajstić information content (AvgIpc) is 2.59. The van der Waals surface area contributed by atoms with Crippen molar-refractivity contribution in [1.29, 1.82) is 0 Å². The van der Waals surface area contributed by atoms with Crippen molar-refractivity contribution < 1.29 is 117 Å². The van der Waals surface area contributed by atoms with Gasteiger partial charge in [0, 0.05) is 9.15 Å². The third kappa shape index (κ3) is 6.80. The zero-order chi connectivity index (χ0) is 30.2. The van der Waals surface area contributed by atoms with E-state index in [1.54, 1.807) is 4.74 Å². The van der Waals surface area contributed by atoms with Crippen LogP contribution in [-0.2, 0) is 19.0 Å². The lowest BCUT2D eigenvalue weighted by molar-refractivity contribution is -0.567. The third-order valence-corrected chi connectivity index (χ3v) is 2.81. The van der Waals surface area contributed by atoms with E-state index in [1.807, 2.05) is 0 Å². The predicted octanol–water partition coefficient (Wildman–Crippen LogP) is 6.35. The van der Waals surface area contributed by atoms with Gasteiger partial charge in [-0.1, -0.05) is 0 Å². The van der Waals surface area contributed by atoms with Crippen LogP contribution >= 0.6 is 0 Å². The van der Waals surface area contributed by atoms with Crippen LogP contribution in [0.4, 0.5) is 92.6 Å². The molecule has 0 aliphatic rings. The van der Waals surface area contributed by atoms with E-state index in [0.717, 1.165) is 4.74 Å². The van der Waals surface area contributed by atoms with Crippen LogP contribution in [-0.4, -0.2) is 65.7 Å². The lowest BCUT2D eigenvalue weighted by Crippen LogP contribution is -2.65. The van der Waals surface area contributed by atoms with Crippen LogP contribution < -0.4 is 0 Å². The summed E-state index contributed by atoms with van der Waals surface area (Å²) in [7, 11) is 0. The highest BCUT2D eigenvalue weighted by molar-refractivity contribution is 5.73. The molecule has 0 saturated heterocycles. The number of hydrogen-bond acceptors (Lipinski definition) is 4. The Morgan fingerprint density at radius 3 is 0.944 bits per heavy atom. The molecule has 0 atom stereocenters. The van der Waals surface area contributed by atoms with Crippen LogP contribution in [0.2, 0.25) is 0 Å². The maximum absolute atomic E-state index is 13.0. The first-order valence-electron chi connectivity index (χ1n) is 6.89. The number of halogens is 21. The van der Waals surface area contributed by atoms with E-state index >= 15 is 0 Å². The molecule has 26 heteroatoms. The quantitative estimate of drug-likeness (QED) is 0.280. The molecule has 0 aromatic carbocycles. The molecule has 218 valence electrons. The number of carboxylic acid groups (broad SMARTS) is 1. The number of rotatable bonds is 11. The molecule has 0 aliphatic carbocycles. The summed E-state index contributed by atoms with van der Waals surface area (Å²) < 4.78 is 260. The summed E-state index contributed by atoms with van der Waals surface area (Å²) >= 11 is 0. The molecule has 0 rings (SSSR count). The number of hydrogen-bond donors (Lipinski definition) is 1. The van der Waals surface area contributed by atoms with Crippen molar-refractivity contribution in [1.82, 2.24) is 0 Å². The van der Waals surface area contributed by atoms with E-state index in [4.69, 9.17) is 14.3 Å². The third-order valence-electron chi connectivity index (χ3n) is 2.81. The molecule has 1 N–H and O–H groups in total. The molecule has 0 unspecified atom stereocenters. The molecule has 0 bridgehead atoms. The molecule has 0 aromatic rings. The van der Waals surface area contributed by atoms with Gasteiger partial charge in [0.15, 0.2) is 0 Å². The second-order valence-corrected chi connectivity index (χ2v) is 5.36. The van der Waals surface area contributed by atoms with Gasteiger partial charge in [-0.25, -0.2) is 19.0 Å². The summed E-state index contributed by atoms with van der Waals surface area (Å²) in [6.45, 7) is 0. The largest absolute Gasteiger partial charge is 0.475 e. The number of ether oxygens (including phenoxy) is 3. The summed E-state index contributed by atoms with van der Waals surface area (Å²) in [4.78, 5) is 9.79. The summed E-state index contributed by atoms with van der Waals surface area (Å²) in [5.74, 6) is -20.1. The van der Waals surface area contributed by atoms with Gasteiger partial charge < -0.3 is 5.11 Å². The van der Waals surface area contributed by atoms with Gasteiger partial charge in [-0.2, -0.15) is 83.4 Å².